The van der Waals surface area contributed by atoms with Crippen LogP contribution in [0.25, 0.3) is 0 Å². The second-order valence-corrected chi connectivity index (χ2v) is 6.31. The fourth-order valence-electron chi connectivity index (χ4n) is 3.74. The Bertz CT molecular complexity index is 459. The first-order valence-corrected chi connectivity index (χ1v) is 8.19. The minimum atomic E-state index is -0.122. The Kier molecular flexibility index (Phi) is 4.70. The molecule has 0 radical (unpaired) electrons. The molecule has 2 fully saturated rings. The highest BCUT2D eigenvalue weighted by Gasteiger charge is 2.32. The van der Waals surface area contributed by atoms with Crippen LogP contribution in [0.2, 0.25) is 0 Å². The molecule has 1 aliphatic carbocycles. The van der Waals surface area contributed by atoms with Gasteiger partial charge >= 0.3 is 0 Å². The molecule has 1 aromatic heterocycles. The van der Waals surface area contributed by atoms with Crippen molar-refractivity contribution in [1.29, 1.82) is 0 Å². The Labute approximate surface area is 126 Å². The summed E-state index contributed by atoms with van der Waals surface area (Å²) in [6.45, 7) is 2.13. The molecule has 1 saturated heterocycles. The number of aliphatic hydroxyl groups excluding tert-OH is 1. The van der Waals surface area contributed by atoms with E-state index in [0.29, 0.717) is 12.0 Å². The predicted octanol–water partition coefficient (Wildman–Crippen LogP) is 2.00. The van der Waals surface area contributed by atoms with Gasteiger partial charge in [0.15, 0.2) is 0 Å². The van der Waals surface area contributed by atoms with Crippen LogP contribution in [-0.4, -0.2) is 52.3 Å². The lowest BCUT2D eigenvalue weighted by Crippen LogP contribution is -2.48. The molecule has 0 amide bonds. The molecule has 3 rings (SSSR count). The highest BCUT2D eigenvalue weighted by Crippen LogP contribution is 2.31. The molecule has 1 aliphatic heterocycles. The van der Waals surface area contributed by atoms with E-state index in [0.717, 1.165) is 50.3 Å². The monoisotopic (exact) mass is 290 g/mol. The summed E-state index contributed by atoms with van der Waals surface area (Å²) in [5, 5.41) is 13.3. The highest BCUT2D eigenvalue weighted by molar-refractivity contribution is 5.31. The first-order chi connectivity index (χ1) is 10.3. The molecule has 5 heteroatoms. The molecule has 1 aromatic rings. The number of anilines is 1. The Balaban J connectivity index is 1.59. The third kappa shape index (κ3) is 3.35. The second kappa shape index (κ2) is 6.71. The van der Waals surface area contributed by atoms with Gasteiger partial charge in [-0.25, -0.2) is 4.98 Å². The quantitative estimate of drug-likeness (QED) is 0.891. The van der Waals surface area contributed by atoms with E-state index in [-0.39, 0.29) is 6.10 Å². The number of nitrogens with zero attached hydrogens (tertiary/aromatic N) is 3. The van der Waals surface area contributed by atoms with E-state index in [2.05, 4.69) is 20.2 Å². The summed E-state index contributed by atoms with van der Waals surface area (Å²) < 4.78 is 0. The molecule has 0 aromatic carbocycles. The summed E-state index contributed by atoms with van der Waals surface area (Å²) in [6, 6.07) is 0.384. The van der Waals surface area contributed by atoms with Gasteiger partial charge in [0.05, 0.1) is 18.0 Å². The number of aliphatic hydroxyl groups is 1. The average Bonchev–Trinajstić information content (AvgIpc) is 2.56. The van der Waals surface area contributed by atoms with E-state index in [4.69, 9.17) is 0 Å². The Morgan fingerprint density at radius 2 is 1.90 bits per heavy atom. The topological polar surface area (TPSA) is 61.3 Å². The van der Waals surface area contributed by atoms with Crippen LogP contribution < -0.4 is 5.32 Å². The Morgan fingerprint density at radius 1 is 1.14 bits per heavy atom. The SMILES string of the molecule is CNc1cncc(C2CCN(C3CCCCC3O)CC2)n1. The molecule has 2 unspecified atom stereocenters. The molecule has 2 atom stereocenters. The minimum absolute atomic E-state index is 0.122. The van der Waals surface area contributed by atoms with Crippen molar-refractivity contribution in [3.8, 4) is 0 Å². The first-order valence-electron chi connectivity index (χ1n) is 8.19. The first kappa shape index (κ1) is 14.7. The molecule has 116 valence electrons. The maximum Gasteiger partial charge on any atom is 0.144 e. The van der Waals surface area contributed by atoms with Crippen molar-refractivity contribution in [2.45, 2.75) is 56.6 Å². The summed E-state index contributed by atoms with van der Waals surface area (Å²) >= 11 is 0. The normalized spacial score (nSPS) is 28.5. The second-order valence-electron chi connectivity index (χ2n) is 6.31. The molecule has 0 bridgehead atoms. The molecule has 21 heavy (non-hydrogen) atoms. The van der Waals surface area contributed by atoms with Crippen LogP contribution in [0.5, 0.6) is 0 Å². The fourth-order valence-corrected chi connectivity index (χ4v) is 3.74. The van der Waals surface area contributed by atoms with Gasteiger partial charge in [0.1, 0.15) is 5.82 Å². The zero-order valence-electron chi connectivity index (χ0n) is 12.8. The molecule has 2 aliphatic rings. The van der Waals surface area contributed by atoms with E-state index in [1.165, 1.54) is 12.8 Å². The van der Waals surface area contributed by atoms with Gasteiger partial charge < -0.3 is 10.4 Å². The lowest BCUT2D eigenvalue weighted by atomic mass is 9.87. The Hall–Kier alpha value is -1.20. The van der Waals surface area contributed by atoms with Crippen molar-refractivity contribution in [2.24, 2.45) is 0 Å². The zero-order chi connectivity index (χ0) is 14.7. The zero-order valence-corrected chi connectivity index (χ0v) is 12.8. The van der Waals surface area contributed by atoms with Gasteiger partial charge in [0.2, 0.25) is 0 Å². The van der Waals surface area contributed by atoms with E-state index in [1.54, 1.807) is 6.20 Å². The molecular weight excluding hydrogens is 264 g/mol. The van der Waals surface area contributed by atoms with Crippen LogP contribution >= 0.6 is 0 Å². The summed E-state index contributed by atoms with van der Waals surface area (Å²) in [7, 11) is 1.88. The molecule has 2 N–H and O–H groups in total. The third-order valence-electron chi connectivity index (χ3n) is 5.02. The van der Waals surface area contributed by atoms with Crippen LogP contribution in [0, 0.1) is 0 Å². The van der Waals surface area contributed by atoms with Crippen LogP contribution in [-0.2, 0) is 0 Å². The summed E-state index contributed by atoms with van der Waals surface area (Å²) in [6.07, 6.45) is 10.3. The molecule has 5 nitrogen and oxygen atoms in total. The minimum Gasteiger partial charge on any atom is -0.391 e. The molecule has 1 saturated carbocycles. The average molecular weight is 290 g/mol. The smallest absolute Gasteiger partial charge is 0.144 e. The van der Waals surface area contributed by atoms with Crippen LogP contribution in [0.3, 0.4) is 0 Å². The van der Waals surface area contributed by atoms with Crippen LogP contribution in [0.4, 0.5) is 5.82 Å². The number of hydrogen-bond donors (Lipinski definition) is 2. The van der Waals surface area contributed by atoms with Gasteiger partial charge in [-0.15, -0.1) is 0 Å². The maximum atomic E-state index is 10.2. The van der Waals surface area contributed by atoms with Crippen molar-refractivity contribution < 1.29 is 5.11 Å². The highest BCUT2D eigenvalue weighted by atomic mass is 16.3. The number of hydrogen-bond acceptors (Lipinski definition) is 5. The van der Waals surface area contributed by atoms with Crippen molar-refractivity contribution in [3.63, 3.8) is 0 Å². The van der Waals surface area contributed by atoms with Gasteiger partial charge in [-0.2, -0.15) is 0 Å². The number of rotatable bonds is 3. The third-order valence-corrected chi connectivity index (χ3v) is 5.02. The summed E-state index contributed by atoms with van der Waals surface area (Å²) in [5.74, 6) is 1.35. The lowest BCUT2D eigenvalue weighted by Gasteiger charge is -2.41. The largest absolute Gasteiger partial charge is 0.391 e. The van der Waals surface area contributed by atoms with E-state index < -0.39 is 0 Å². The van der Waals surface area contributed by atoms with Gasteiger partial charge in [-0.05, 0) is 38.8 Å². The molecule has 0 spiro atoms. The number of nitrogens with one attached hydrogen (secondary N) is 1. The van der Waals surface area contributed by atoms with Crippen LogP contribution in [0.1, 0.15) is 50.1 Å². The molecule has 2 heterocycles. The summed E-state index contributed by atoms with van der Waals surface area (Å²) in [5.41, 5.74) is 1.10. The predicted molar refractivity (Wildman–Crippen MR) is 83.4 cm³/mol. The van der Waals surface area contributed by atoms with Crippen molar-refractivity contribution >= 4 is 5.82 Å². The van der Waals surface area contributed by atoms with Gasteiger partial charge in [0.25, 0.3) is 0 Å². The van der Waals surface area contributed by atoms with E-state index in [1.807, 2.05) is 13.2 Å². The van der Waals surface area contributed by atoms with E-state index in [9.17, 15) is 5.11 Å². The number of piperidine rings is 1. The standard InChI is InChI=1S/C16H26N4O/c1-17-16-11-18-10-13(19-16)12-6-8-20(9-7-12)14-4-2-3-5-15(14)21/h10-12,14-15,21H,2-9H2,1H3,(H,17,19). The van der Waals surface area contributed by atoms with Gasteiger partial charge in [0, 0.05) is 25.2 Å². The van der Waals surface area contributed by atoms with Crippen LogP contribution in [0.15, 0.2) is 12.4 Å². The number of likely N-dealkylation sites (tertiary alicyclic amines) is 1. The van der Waals surface area contributed by atoms with Crippen molar-refractivity contribution in [3.05, 3.63) is 18.1 Å². The van der Waals surface area contributed by atoms with Crippen molar-refractivity contribution in [2.75, 3.05) is 25.5 Å². The van der Waals surface area contributed by atoms with E-state index >= 15 is 0 Å². The van der Waals surface area contributed by atoms with Gasteiger partial charge in [-0.3, -0.25) is 9.88 Å². The summed E-state index contributed by atoms with van der Waals surface area (Å²) in [4.78, 5) is 11.4. The maximum absolute atomic E-state index is 10.2. The number of aromatic nitrogens is 2. The Morgan fingerprint density at radius 3 is 2.62 bits per heavy atom. The fraction of sp³-hybridized carbons (Fsp3) is 0.750. The lowest BCUT2D eigenvalue weighted by molar-refractivity contribution is 0.00852. The van der Waals surface area contributed by atoms with Gasteiger partial charge in [-0.1, -0.05) is 12.8 Å². The van der Waals surface area contributed by atoms with Crippen molar-refractivity contribution in [1.82, 2.24) is 14.9 Å². The molecular formula is C16H26N4O.